The molecule has 0 aliphatic carbocycles. The van der Waals surface area contributed by atoms with Crippen molar-refractivity contribution in [3.63, 3.8) is 0 Å². The molecule has 80 heavy (non-hydrogen) atoms. The summed E-state index contributed by atoms with van der Waals surface area (Å²) in [6.45, 7) is 11.1. The molecule has 0 saturated carbocycles. The zero-order valence-electron chi connectivity index (χ0n) is 48.4. The first-order valence-corrected chi connectivity index (χ1v) is 29.5. The molecule has 0 bridgehead atoms. The largest absolute Gasteiger partial charge is 0.380 e. The van der Waals surface area contributed by atoms with Crippen LogP contribution in [0.4, 0.5) is 34.1 Å². The first-order chi connectivity index (χ1) is 38.5. The van der Waals surface area contributed by atoms with Crippen molar-refractivity contribution in [2.45, 2.75) is 116 Å². The van der Waals surface area contributed by atoms with E-state index in [1.54, 1.807) is 0 Å². The van der Waals surface area contributed by atoms with E-state index in [0.29, 0.717) is 121 Å². The van der Waals surface area contributed by atoms with E-state index >= 15 is 0 Å². The van der Waals surface area contributed by atoms with Gasteiger partial charge >= 0.3 is 0 Å². The molecule has 0 spiro atoms. The van der Waals surface area contributed by atoms with E-state index in [9.17, 15) is 47.9 Å². The minimum absolute atomic E-state index is 0.320. The van der Waals surface area contributed by atoms with Crippen molar-refractivity contribution in [2.75, 3.05) is 172 Å². The van der Waals surface area contributed by atoms with Crippen molar-refractivity contribution >= 4 is 34.1 Å². The SMILES string of the molecule is CN1CCCCc2c(c(=O)c2=O)CCCCN(C)CCCNc2c(c(=O)c2=O)NCCCN(C)CCCNc2c(c(=O)c2=O)NCCCN(C)CCCNc2c(c(=O)c2=O)NCCCN(C)CCCCc2c(c(=O)c2=O)CCCC1. The predicted octanol–water partition coefficient (Wildman–Crippen LogP) is 1.24. The Bertz CT molecular complexity index is 2450. The predicted molar refractivity (Wildman–Crippen MR) is 325 cm³/mol. The fourth-order valence-corrected chi connectivity index (χ4v) is 10.9. The van der Waals surface area contributed by atoms with Crippen molar-refractivity contribution in [1.29, 1.82) is 0 Å². The van der Waals surface area contributed by atoms with Crippen LogP contribution >= 0.6 is 0 Å². The number of fused-ring (bicyclic) bond motifs is 5. The van der Waals surface area contributed by atoms with E-state index in [1.165, 1.54) is 0 Å². The standard InChI is InChI=1S/C59H89N11O10/c1-66-30-10-6-20-40-42(52(73)50(40)71)22-8-12-32-67(2)34-14-24-60-44-46(56(77)54(44)75)62-26-16-36-69(4)38-18-28-64-48-49(59(80)58(48)79)65-29-19-39-70(5)37-17-27-63-47-45(55(76)57(47)78)61-25-15-35-68(3)33-13-9-23-43-41(21-7-11-31-66)51(72)53(43)74/h60-65H,6-39H2,1-5H3. The number of rotatable bonds is 0. The molecule has 0 saturated heterocycles. The number of nitrogens with zero attached hydrogens (tertiary/aromatic N) is 5. The fourth-order valence-electron chi connectivity index (χ4n) is 10.9. The lowest BCUT2D eigenvalue weighted by atomic mass is 9.92. The van der Waals surface area contributed by atoms with Gasteiger partial charge in [-0.2, -0.15) is 0 Å². The summed E-state index contributed by atoms with van der Waals surface area (Å²) in [5.41, 5.74) is 0.254. The van der Waals surface area contributed by atoms with Gasteiger partial charge in [-0.25, -0.2) is 0 Å². The molecule has 1 aliphatic rings. The smallest absolute Gasteiger partial charge is 0.253 e. The van der Waals surface area contributed by atoms with Crippen molar-refractivity contribution in [3.05, 3.63) is 124 Å². The average molecular weight is 1110 g/mol. The Hall–Kier alpha value is -6.00. The molecule has 0 unspecified atom stereocenters. The third-order valence-corrected chi connectivity index (χ3v) is 15.9. The molecule has 5 aromatic rings. The van der Waals surface area contributed by atoms with Crippen molar-refractivity contribution in [2.24, 2.45) is 0 Å². The quantitative estimate of drug-likeness (QED) is 0.119. The monoisotopic (exact) mass is 1110 g/mol. The fraction of sp³-hybridized carbons (Fsp3) is 0.661. The molecule has 0 atom stereocenters. The summed E-state index contributed by atoms with van der Waals surface area (Å²) in [4.78, 5) is 135. The maximum Gasteiger partial charge on any atom is 0.253 e. The van der Waals surface area contributed by atoms with Crippen molar-refractivity contribution in [3.8, 4) is 0 Å². The lowest BCUT2D eigenvalue weighted by Crippen LogP contribution is -2.40. The highest BCUT2D eigenvalue weighted by atomic mass is 16.2. The number of anilines is 6. The van der Waals surface area contributed by atoms with Crippen molar-refractivity contribution < 1.29 is 0 Å². The number of hydrogen-bond donors (Lipinski definition) is 6. The van der Waals surface area contributed by atoms with Gasteiger partial charge in [0.05, 0.1) is 0 Å². The van der Waals surface area contributed by atoms with E-state index in [4.69, 9.17) is 0 Å². The molecular formula is C59H89N11O10. The molecule has 1 heterocycles. The Morgan fingerprint density at radius 1 is 0.212 bits per heavy atom. The van der Waals surface area contributed by atoms with Crippen LogP contribution in [0.3, 0.4) is 0 Å². The van der Waals surface area contributed by atoms with Crippen LogP contribution in [0, 0.1) is 0 Å². The second-order valence-corrected chi connectivity index (χ2v) is 22.5. The zero-order valence-corrected chi connectivity index (χ0v) is 48.4. The van der Waals surface area contributed by atoms with E-state index in [-0.39, 0.29) is 21.7 Å². The average Bonchev–Trinajstić information content (AvgIpc) is 3.47. The van der Waals surface area contributed by atoms with Crippen LogP contribution < -0.4 is 86.2 Å². The topological polar surface area (TPSA) is 259 Å². The van der Waals surface area contributed by atoms with Gasteiger partial charge in [0.2, 0.25) is 21.7 Å². The molecule has 0 fully saturated rings. The Labute approximate surface area is 468 Å². The Morgan fingerprint density at radius 2 is 0.362 bits per heavy atom. The van der Waals surface area contributed by atoms with E-state index in [1.807, 2.05) is 28.2 Å². The van der Waals surface area contributed by atoms with Gasteiger partial charge in [0, 0.05) is 61.5 Å². The van der Waals surface area contributed by atoms with E-state index < -0.39 is 32.6 Å². The van der Waals surface area contributed by atoms with Gasteiger partial charge in [0.25, 0.3) is 32.6 Å². The summed E-state index contributed by atoms with van der Waals surface area (Å²) >= 11 is 0. The number of hydrogen-bond acceptors (Lipinski definition) is 21. The van der Waals surface area contributed by atoms with Crippen LogP contribution in [0.1, 0.15) is 112 Å². The highest BCUT2D eigenvalue weighted by Crippen LogP contribution is 2.18. The second kappa shape index (κ2) is 31.9. The van der Waals surface area contributed by atoms with Crippen LogP contribution in [0.5, 0.6) is 0 Å². The van der Waals surface area contributed by atoms with E-state index in [2.05, 4.69) is 63.4 Å². The van der Waals surface area contributed by atoms with Crippen LogP contribution in [0.2, 0.25) is 0 Å². The molecule has 0 radical (unpaired) electrons. The van der Waals surface area contributed by atoms with Crippen LogP contribution in [0.25, 0.3) is 0 Å². The molecule has 1 aliphatic heterocycles. The van der Waals surface area contributed by atoms with Crippen LogP contribution in [0.15, 0.2) is 47.9 Å². The lowest BCUT2D eigenvalue weighted by Gasteiger charge is -2.20. The molecule has 6 rings (SSSR count). The van der Waals surface area contributed by atoms with Gasteiger partial charge in [-0.05, 0) is 216 Å². The summed E-state index contributed by atoms with van der Waals surface area (Å²) < 4.78 is 0. The third-order valence-electron chi connectivity index (χ3n) is 15.9. The molecule has 6 N–H and O–H groups in total. The van der Waals surface area contributed by atoms with Gasteiger partial charge in [0.15, 0.2) is 0 Å². The minimum Gasteiger partial charge on any atom is -0.380 e. The van der Waals surface area contributed by atoms with Gasteiger partial charge in [-0.3, -0.25) is 47.9 Å². The Kier molecular flexibility index (Phi) is 25.2. The van der Waals surface area contributed by atoms with Gasteiger partial charge in [0.1, 0.15) is 34.1 Å². The number of nitrogens with one attached hydrogen (secondary N) is 6. The highest BCUT2D eigenvalue weighted by Gasteiger charge is 2.24. The maximum atomic E-state index is 12.5. The minimum atomic E-state index is -0.521. The second-order valence-electron chi connectivity index (χ2n) is 22.5. The molecule has 21 heteroatoms. The van der Waals surface area contributed by atoms with Gasteiger partial charge < -0.3 is 56.4 Å². The molecule has 440 valence electrons. The normalized spacial score (nSPS) is 19.7. The van der Waals surface area contributed by atoms with Crippen LogP contribution in [-0.2, 0) is 25.7 Å². The first kappa shape index (κ1) is 63.2. The molecule has 0 aromatic heterocycles. The molecule has 0 amide bonds. The Balaban J connectivity index is 0.936. The zero-order chi connectivity index (χ0) is 57.7. The summed E-state index contributed by atoms with van der Waals surface area (Å²) in [7, 11) is 10.1. The molecular weight excluding hydrogens is 1020 g/mol. The molecule has 21 nitrogen and oxygen atoms in total. The summed E-state index contributed by atoms with van der Waals surface area (Å²) in [5.74, 6) is 0. The molecule has 5 aromatic carbocycles. The van der Waals surface area contributed by atoms with Gasteiger partial charge in [-0.15, -0.1) is 0 Å². The first-order valence-electron chi connectivity index (χ1n) is 29.5. The highest BCUT2D eigenvalue weighted by molar-refractivity contribution is 5.75. The summed E-state index contributed by atoms with van der Waals surface area (Å²) in [5, 5.41) is 18.9. The summed E-state index contributed by atoms with van der Waals surface area (Å²) in [6.07, 6.45) is 13.7. The maximum absolute atomic E-state index is 12.5. The van der Waals surface area contributed by atoms with E-state index in [0.717, 1.165) is 155 Å². The van der Waals surface area contributed by atoms with Gasteiger partial charge in [-0.1, -0.05) is 0 Å². The lowest BCUT2D eigenvalue weighted by molar-refractivity contribution is 0.318. The van der Waals surface area contributed by atoms with Crippen molar-refractivity contribution in [1.82, 2.24) is 24.5 Å². The van der Waals surface area contributed by atoms with Crippen LogP contribution in [-0.4, -0.2) is 164 Å². The summed E-state index contributed by atoms with van der Waals surface area (Å²) in [6, 6.07) is 0. The Morgan fingerprint density at radius 3 is 0.525 bits per heavy atom. The third kappa shape index (κ3) is 17.5.